The quantitative estimate of drug-likeness (QED) is 0.482. The molecule has 1 atom stereocenters. The Hall–Kier alpha value is -3.53. The lowest BCUT2D eigenvalue weighted by molar-refractivity contribution is -0.151. The van der Waals surface area contributed by atoms with Crippen molar-refractivity contribution in [2.45, 2.75) is 19.8 Å². The molecule has 0 spiro atoms. The standard InChI is InChI=1S/C24H27N5O4S/c1-3-33-24(32)17-9-7-13-28(15-17)20(30)16-27(2)23(31)21-25-22(19-12-8-14-34-19)29(26-21)18-10-5-4-6-11-18/h4-6,8,10-12,14,17H,3,7,9,13,15-16H2,1-2H3. The summed E-state index contributed by atoms with van der Waals surface area (Å²) in [5.41, 5.74) is 0.787. The van der Waals surface area contributed by atoms with E-state index in [2.05, 4.69) is 10.1 Å². The number of amides is 2. The number of hydrogen-bond donors (Lipinski definition) is 0. The van der Waals surface area contributed by atoms with Gasteiger partial charge in [-0.3, -0.25) is 14.4 Å². The summed E-state index contributed by atoms with van der Waals surface area (Å²) in [6, 6.07) is 13.3. The summed E-state index contributed by atoms with van der Waals surface area (Å²) in [6.07, 6.45) is 1.42. The second kappa shape index (κ2) is 10.6. The number of hydrogen-bond acceptors (Lipinski definition) is 7. The highest BCUT2D eigenvalue weighted by Gasteiger charge is 2.31. The van der Waals surface area contributed by atoms with Crippen LogP contribution in [0.1, 0.15) is 30.4 Å². The van der Waals surface area contributed by atoms with Gasteiger partial charge in [-0.05, 0) is 43.3 Å². The summed E-state index contributed by atoms with van der Waals surface area (Å²) in [4.78, 5) is 46.4. The van der Waals surface area contributed by atoms with Crippen molar-refractivity contribution in [3.05, 3.63) is 53.7 Å². The number of rotatable bonds is 7. The van der Waals surface area contributed by atoms with Gasteiger partial charge in [0.15, 0.2) is 5.82 Å². The maximum atomic E-state index is 13.1. The molecule has 0 bridgehead atoms. The topological polar surface area (TPSA) is 97.6 Å². The summed E-state index contributed by atoms with van der Waals surface area (Å²) in [5, 5.41) is 6.41. The van der Waals surface area contributed by atoms with E-state index in [0.717, 1.165) is 17.0 Å². The molecule has 3 aromatic rings. The third-order valence-corrected chi connectivity index (χ3v) is 6.52. The molecular formula is C24H27N5O4S. The third kappa shape index (κ3) is 5.17. The molecule has 1 unspecified atom stereocenters. The van der Waals surface area contributed by atoms with Gasteiger partial charge in [-0.2, -0.15) is 0 Å². The molecule has 178 valence electrons. The largest absolute Gasteiger partial charge is 0.466 e. The molecule has 10 heteroatoms. The van der Waals surface area contributed by atoms with Gasteiger partial charge in [0.05, 0.1) is 29.6 Å². The average Bonchev–Trinajstić information content (AvgIpc) is 3.54. The van der Waals surface area contributed by atoms with Crippen LogP contribution in [0.25, 0.3) is 16.4 Å². The fourth-order valence-electron chi connectivity index (χ4n) is 3.92. The number of aromatic nitrogens is 3. The van der Waals surface area contributed by atoms with E-state index in [1.165, 1.54) is 16.2 Å². The van der Waals surface area contributed by atoms with Crippen LogP contribution in [0.5, 0.6) is 0 Å². The zero-order chi connectivity index (χ0) is 24.1. The van der Waals surface area contributed by atoms with Crippen molar-refractivity contribution in [2.75, 3.05) is 33.3 Å². The summed E-state index contributed by atoms with van der Waals surface area (Å²) in [5.74, 6) is -0.676. The fraction of sp³-hybridized carbons (Fsp3) is 0.375. The molecule has 0 aliphatic carbocycles. The van der Waals surface area contributed by atoms with Gasteiger partial charge >= 0.3 is 5.97 Å². The van der Waals surface area contributed by atoms with Crippen molar-refractivity contribution in [3.63, 3.8) is 0 Å². The normalized spacial score (nSPS) is 15.7. The van der Waals surface area contributed by atoms with Crippen molar-refractivity contribution in [1.82, 2.24) is 24.6 Å². The molecule has 0 saturated carbocycles. The van der Waals surface area contributed by atoms with Crippen LogP contribution < -0.4 is 0 Å². The zero-order valence-electron chi connectivity index (χ0n) is 19.2. The van der Waals surface area contributed by atoms with E-state index in [4.69, 9.17) is 4.74 Å². The first kappa shape index (κ1) is 23.6. The number of para-hydroxylation sites is 1. The predicted octanol–water partition coefficient (Wildman–Crippen LogP) is 2.87. The first-order valence-corrected chi connectivity index (χ1v) is 12.1. The number of nitrogens with zero attached hydrogens (tertiary/aromatic N) is 5. The Bertz CT molecular complexity index is 1150. The summed E-state index contributed by atoms with van der Waals surface area (Å²) < 4.78 is 6.75. The minimum Gasteiger partial charge on any atom is -0.466 e. The van der Waals surface area contributed by atoms with Gasteiger partial charge in [0.25, 0.3) is 5.91 Å². The van der Waals surface area contributed by atoms with E-state index in [-0.39, 0.29) is 30.2 Å². The van der Waals surface area contributed by atoms with Crippen LogP contribution in [-0.2, 0) is 14.3 Å². The number of carbonyl (C=O) groups excluding carboxylic acids is 3. The van der Waals surface area contributed by atoms with Gasteiger partial charge in [-0.25, -0.2) is 9.67 Å². The smallest absolute Gasteiger partial charge is 0.310 e. The van der Waals surface area contributed by atoms with E-state index >= 15 is 0 Å². The van der Waals surface area contributed by atoms with Gasteiger partial charge in [-0.1, -0.05) is 24.3 Å². The lowest BCUT2D eigenvalue weighted by Crippen LogP contribution is -2.47. The molecule has 4 rings (SSSR count). The Kier molecular flexibility index (Phi) is 7.36. The Morgan fingerprint density at radius 2 is 1.97 bits per heavy atom. The van der Waals surface area contributed by atoms with Crippen LogP contribution >= 0.6 is 11.3 Å². The molecule has 0 N–H and O–H groups in total. The number of esters is 1. The monoisotopic (exact) mass is 481 g/mol. The van der Waals surface area contributed by atoms with E-state index in [9.17, 15) is 14.4 Å². The lowest BCUT2D eigenvalue weighted by atomic mass is 9.98. The van der Waals surface area contributed by atoms with Crippen LogP contribution in [-0.4, -0.2) is 75.6 Å². The van der Waals surface area contributed by atoms with E-state index in [1.54, 1.807) is 23.6 Å². The van der Waals surface area contributed by atoms with Crippen molar-refractivity contribution in [1.29, 1.82) is 0 Å². The van der Waals surface area contributed by atoms with Gasteiger partial charge in [0, 0.05) is 20.1 Å². The first-order chi connectivity index (χ1) is 16.5. The number of likely N-dealkylation sites (N-methyl/N-ethyl adjacent to an activating group) is 1. The zero-order valence-corrected chi connectivity index (χ0v) is 20.0. The van der Waals surface area contributed by atoms with Crippen LogP contribution in [0.4, 0.5) is 0 Å². The maximum Gasteiger partial charge on any atom is 0.310 e. The van der Waals surface area contributed by atoms with Crippen molar-refractivity contribution in [3.8, 4) is 16.4 Å². The second-order valence-corrected chi connectivity index (χ2v) is 9.02. The van der Waals surface area contributed by atoms with E-state index < -0.39 is 5.91 Å². The SMILES string of the molecule is CCOC(=O)C1CCCN(C(=O)CN(C)C(=O)c2nc(-c3cccs3)n(-c3ccccc3)n2)C1. The van der Waals surface area contributed by atoms with Gasteiger partial charge in [0.2, 0.25) is 11.7 Å². The molecule has 2 aromatic heterocycles. The van der Waals surface area contributed by atoms with Gasteiger partial charge in [-0.15, -0.1) is 16.4 Å². The third-order valence-electron chi connectivity index (χ3n) is 5.65. The minimum atomic E-state index is -0.445. The maximum absolute atomic E-state index is 13.1. The molecule has 1 aliphatic heterocycles. The Labute approximate surface area is 202 Å². The van der Waals surface area contributed by atoms with Crippen molar-refractivity contribution >= 4 is 29.1 Å². The first-order valence-electron chi connectivity index (χ1n) is 11.2. The Balaban J connectivity index is 1.48. The number of likely N-dealkylation sites (tertiary alicyclic amines) is 1. The Morgan fingerprint density at radius 1 is 1.18 bits per heavy atom. The fourth-order valence-corrected chi connectivity index (χ4v) is 4.62. The lowest BCUT2D eigenvalue weighted by Gasteiger charge is -2.32. The molecule has 1 aromatic carbocycles. The number of benzene rings is 1. The highest BCUT2D eigenvalue weighted by Crippen LogP contribution is 2.26. The van der Waals surface area contributed by atoms with Crippen molar-refractivity contribution < 1.29 is 19.1 Å². The Morgan fingerprint density at radius 3 is 2.68 bits per heavy atom. The molecule has 3 heterocycles. The number of carbonyl (C=O) groups is 3. The van der Waals surface area contributed by atoms with Crippen LogP contribution in [0.15, 0.2) is 47.8 Å². The molecule has 1 aliphatic rings. The predicted molar refractivity (Wildman–Crippen MR) is 128 cm³/mol. The highest BCUT2D eigenvalue weighted by atomic mass is 32.1. The summed E-state index contributed by atoms with van der Waals surface area (Å²) >= 11 is 1.51. The van der Waals surface area contributed by atoms with Gasteiger partial charge in [0.1, 0.15) is 0 Å². The average molecular weight is 482 g/mol. The molecule has 0 radical (unpaired) electrons. The highest BCUT2D eigenvalue weighted by molar-refractivity contribution is 7.13. The van der Waals surface area contributed by atoms with E-state index in [1.807, 2.05) is 47.8 Å². The minimum absolute atomic E-state index is 0.0191. The molecule has 34 heavy (non-hydrogen) atoms. The summed E-state index contributed by atoms with van der Waals surface area (Å²) in [7, 11) is 1.56. The van der Waals surface area contributed by atoms with E-state index in [0.29, 0.717) is 31.9 Å². The molecule has 1 saturated heterocycles. The number of thiophene rings is 1. The van der Waals surface area contributed by atoms with Crippen LogP contribution in [0.3, 0.4) is 0 Å². The second-order valence-electron chi connectivity index (χ2n) is 8.08. The van der Waals surface area contributed by atoms with Crippen molar-refractivity contribution in [2.24, 2.45) is 5.92 Å². The molecule has 2 amide bonds. The molecule has 9 nitrogen and oxygen atoms in total. The molecular weight excluding hydrogens is 454 g/mol. The number of piperidine rings is 1. The number of ether oxygens (including phenoxy) is 1. The van der Waals surface area contributed by atoms with Crippen LogP contribution in [0.2, 0.25) is 0 Å². The van der Waals surface area contributed by atoms with Crippen LogP contribution in [0, 0.1) is 5.92 Å². The molecule has 1 fully saturated rings. The summed E-state index contributed by atoms with van der Waals surface area (Å²) in [6.45, 7) is 2.82. The van der Waals surface area contributed by atoms with Gasteiger partial charge < -0.3 is 14.5 Å².